The van der Waals surface area contributed by atoms with Crippen molar-refractivity contribution in [3.8, 4) is 0 Å². The molecule has 4 atom stereocenters. The average molecular weight is 722 g/mol. The molecule has 2 aromatic heterocycles. The van der Waals surface area contributed by atoms with Crippen LogP contribution in [-0.2, 0) is 51.3 Å². The number of carbonyl (C=O) groups is 2. The molecular formula is C29H43FN5O13P. The Labute approximate surface area is 283 Å². The zero-order valence-corrected chi connectivity index (χ0v) is 28.9. The lowest BCUT2D eigenvalue weighted by atomic mass is 9.88. The normalized spacial score (nSPS) is 26.3. The van der Waals surface area contributed by atoms with Crippen LogP contribution in [0.5, 0.6) is 0 Å². The number of fused-ring (bicyclic) bond motifs is 2. The van der Waals surface area contributed by atoms with Gasteiger partial charge in [-0.25, -0.2) is 42.5 Å². The smallest absolute Gasteiger partial charge is 0.432 e. The Balaban J connectivity index is 1.42. The van der Waals surface area contributed by atoms with E-state index in [2.05, 4.69) is 20.3 Å². The number of hydrogen-bond donors (Lipinski definition) is 1. The molecule has 0 radical (unpaired) electrons. The van der Waals surface area contributed by atoms with Crippen LogP contribution in [0.2, 0.25) is 0 Å². The molecule has 4 heterocycles. The van der Waals surface area contributed by atoms with Gasteiger partial charge in [-0.3, -0.25) is 9.09 Å². The maximum absolute atomic E-state index is 15.5. The first-order chi connectivity index (χ1) is 23.8. The summed E-state index contributed by atoms with van der Waals surface area (Å²) in [6.45, 7) is 4.56. The molecule has 3 fully saturated rings. The number of phosphoric ester groups is 1. The largest absolute Gasteiger partial charge is 0.510 e. The number of anilines is 1. The number of nitrogens with zero attached hydrogens (tertiary/aromatic N) is 4. The van der Waals surface area contributed by atoms with Gasteiger partial charge in [-0.2, -0.15) is 0 Å². The first-order valence-electron chi connectivity index (χ1n) is 16.5. The fourth-order valence-corrected chi connectivity index (χ4v) is 7.00. The Hall–Kier alpha value is -3.19. The highest BCUT2D eigenvalue weighted by molar-refractivity contribution is 7.48. The molecular weight excluding hydrogens is 676 g/mol. The van der Waals surface area contributed by atoms with Gasteiger partial charge in [0.25, 0.3) is 0 Å². The van der Waals surface area contributed by atoms with Crippen molar-refractivity contribution in [1.29, 1.82) is 0 Å². The number of aromatic nitrogens is 4. The summed E-state index contributed by atoms with van der Waals surface area (Å²) < 4.78 is 93.4. The average Bonchev–Trinajstić information content (AvgIpc) is 3.81. The molecule has 274 valence electrons. The quantitative estimate of drug-likeness (QED) is 0.144. The molecule has 20 heteroatoms. The Morgan fingerprint density at radius 3 is 2.31 bits per heavy atom. The van der Waals surface area contributed by atoms with Crippen molar-refractivity contribution in [2.24, 2.45) is 0 Å². The molecule has 1 N–H and O–H groups in total. The van der Waals surface area contributed by atoms with Crippen LogP contribution in [0.15, 0.2) is 12.7 Å². The molecule has 0 unspecified atom stereocenters. The van der Waals surface area contributed by atoms with Crippen molar-refractivity contribution in [2.45, 2.75) is 109 Å². The van der Waals surface area contributed by atoms with E-state index in [0.717, 1.165) is 12.8 Å². The van der Waals surface area contributed by atoms with E-state index in [1.807, 2.05) is 0 Å². The SMILES string of the molecule is [3H]CCNc1ncnc2c1ncn2[C@@H]1O[C@](CF)(COP(=O)(OCOC(=O)OC(C)C)OCOC(=O)OC(C)C)[C@H]2OC3(CCCC3)O[C@]21C. The molecule has 49 heavy (non-hydrogen) atoms. The summed E-state index contributed by atoms with van der Waals surface area (Å²) in [6.07, 6.45) is -0.0392. The number of nitrogens with one attached hydrogen (secondary N) is 1. The van der Waals surface area contributed by atoms with Gasteiger partial charge < -0.3 is 38.5 Å². The second-order valence-electron chi connectivity index (χ2n) is 12.4. The second-order valence-corrected chi connectivity index (χ2v) is 14.0. The molecule has 1 aliphatic carbocycles. The van der Waals surface area contributed by atoms with Crippen molar-refractivity contribution in [2.75, 3.05) is 38.7 Å². The van der Waals surface area contributed by atoms with Crippen LogP contribution >= 0.6 is 7.82 Å². The van der Waals surface area contributed by atoms with Crippen molar-refractivity contribution >= 4 is 37.1 Å². The molecule has 18 nitrogen and oxygen atoms in total. The minimum absolute atomic E-state index is 0.101. The number of hydrogen-bond acceptors (Lipinski definition) is 17. The third-order valence-corrected chi connectivity index (χ3v) is 9.26. The van der Waals surface area contributed by atoms with Crippen molar-refractivity contribution in [3.05, 3.63) is 12.7 Å². The van der Waals surface area contributed by atoms with E-state index in [4.69, 9.17) is 48.1 Å². The monoisotopic (exact) mass is 721 g/mol. The fraction of sp³-hybridized carbons (Fsp3) is 0.759. The van der Waals surface area contributed by atoms with Gasteiger partial charge in [-0.15, -0.1) is 0 Å². The Morgan fingerprint density at radius 2 is 1.71 bits per heavy atom. The summed E-state index contributed by atoms with van der Waals surface area (Å²) >= 11 is 0. The zero-order chi connectivity index (χ0) is 36.2. The molecule has 1 saturated carbocycles. The number of rotatable bonds is 15. The molecule has 1 spiro atoms. The van der Waals surface area contributed by atoms with Crippen LogP contribution in [-0.4, -0.2) is 101 Å². The van der Waals surface area contributed by atoms with Crippen molar-refractivity contribution in [3.63, 3.8) is 0 Å². The van der Waals surface area contributed by atoms with E-state index in [0.29, 0.717) is 36.4 Å². The van der Waals surface area contributed by atoms with Gasteiger partial charge in [0.15, 0.2) is 34.6 Å². The summed E-state index contributed by atoms with van der Waals surface area (Å²) in [4.78, 5) is 36.9. The van der Waals surface area contributed by atoms with Gasteiger partial charge in [0.05, 0.1) is 25.1 Å². The lowest BCUT2D eigenvalue weighted by Gasteiger charge is -2.34. The molecule has 0 bridgehead atoms. The van der Waals surface area contributed by atoms with Crippen molar-refractivity contribution < 1.29 is 66.6 Å². The number of carbonyl (C=O) groups excluding carboxylic acids is 2. The molecule has 0 amide bonds. The number of ether oxygens (including phenoxy) is 7. The Bertz CT molecular complexity index is 1520. The predicted octanol–water partition coefficient (Wildman–Crippen LogP) is 5.14. The lowest BCUT2D eigenvalue weighted by molar-refractivity contribution is -0.252. The highest BCUT2D eigenvalue weighted by Gasteiger charge is 2.72. The van der Waals surface area contributed by atoms with E-state index in [9.17, 15) is 14.2 Å². The lowest BCUT2D eigenvalue weighted by Crippen LogP contribution is -2.51. The summed E-state index contributed by atoms with van der Waals surface area (Å²) in [5.41, 5.74) is -2.62. The molecule has 0 aromatic carbocycles. The summed E-state index contributed by atoms with van der Waals surface area (Å²) in [7, 11) is -4.81. The zero-order valence-electron chi connectivity index (χ0n) is 29.0. The van der Waals surface area contributed by atoms with Gasteiger partial charge in [-0.05, 0) is 54.4 Å². The first-order valence-corrected chi connectivity index (χ1v) is 17.3. The number of imidazole rings is 1. The van der Waals surface area contributed by atoms with E-state index in [-0.39, 0.29) is 6.90 Å². The summed E-state index contributed by atoms with van der Waals surface area (Å²) in [6, 6.07) is 0. The maximum atomic E-state index is 15.5. The number of alkyl halides is 1. The van der Waals surface area contributed by atoms with E-state index >= 15 is 4.39 Å². The highest BCUT2D eigenvalue weighted by atomic mass is 31.2. The van der Waals surface area contributed by atoms with Gasteiger partial charge in [0.1, 0.15) is 24.7 Å². The van der Waals surface area contributed by atoms with Crippen LogP contribution in [0.3, 0.4) is 0 Å². The molecule has 3 aliphatic rings. The van der Waals surface area contributed by atoms with Crippen LogP contribution < -0.4 is 5.32 Å². The summed E-state index contributed by atoms with van der Waals surface area (Å²) in [5, 5.41) is 3.04. The topological polar surface area (TPSA) is 199 Å². The van der Waals surface area contributed by atoms with Gasteiger partial charge in [-0.1, -0.05) is 0 Å². The molecule has 5 rings (SSSR count). The number of halogens is 1. The minimum atomic E-state index is -4.81. The van der Waals surface area contributed by atoms with E-state index < -0.39 is 88.5 Å². The van der Waals surface area contributed by atoms with E-state index in [1.54, 1.807) is 39.2 Å². The standard InChI is InChI=1S/C29H43FN5O13P/c1-7-31-21-20-22(33-14-32-21)35(15-34-20)24-27(6)23(46-29(48-27)10-8-9-11-29)28(12-30,47-24)13-41-49(38,42-16-39-25(36)44-18(2)3)43-17-40-26(37)45-19(4)5/h14-15,18-19,23-24H,7-13,16-17H2,1-6H3,(H,31,32,33)/t23-,24+,27+,28+/m0/s1/i1T. The van der Waals surface area contributed by atoms with Gasteiger partial charge in [0.2, 0.25) is 13.6 Å². The predicted molar refractivity (Wildman–Crippen MR) is 165 cm³/mol. The second kappa shape index (κ2) is 15.0. The summed E-state index contributed by atoms with van der Waals surface area (Å²) in [5.74, 6) is -0.647. The third-order valence-electron chi connectivity index (χ3n) is 7.98. The molecule has 2 saturated heterocycles. The van der Waals surface area contributed by atoms with Gasteiger partial charge >= 0.3 is 20.1 Å². The first kappa shape index (κ1) is 35.6. The van der Waals surface area contributed by atoms with Crippen LogP contribution in [0.1, 0.15) is 74.8 Å². The molecule has 2 aliphatic heterocycles. The maximum Gasteiger partial charge on any atom is 0.510 e. The highest BCUT2D eigenvalue weighted by Crippen LogP contribution is 2.60. The van der Waals surface area contributed by atoms with Crippen LogP contribution in [0, 0.1) is 0 Å². The van der Waals surface area contributed by atoms with Crippen LogP contribution in [0.25, 0.3) is 11.2 Å². The van der Waals surface area contributed by atoms with Gasteiger partial charge in [0, 0.05) is 20.8 Å². The third kappa shape index (κ3) is 7.92. The minimum Gasteiger partial charge on any atom is -0.432 e. The molecule has 2 aromatic rings. The Morgan fingerprint density at radius 1 is 1.06 bits per heavy atom. The van der Waals surface area contributed by atoms with Crippen LogP contribution in [0.4, 0.5) is 19.8 Å². The van der Waals surface area contributed by atoms with E-state index in [1.165, 1.54) is 12.7 Å². The van der Waals surface area contributed by atoms with Crippen molar-refractivity contribution in [1.82, 2.24) is 19.5 Å². The Kier molecular flexibility index (Phi) is 10.9. The fourth-order valence-electron chi connectivity index (χ4n) is 6.04. The number of phosphoric acid groups is 1.